The van der Waals surface area contributed by atoms with Crippen LogP contribution >= 0.6 is 11.3 Å². The van der Waals surface area contributed by atoms with Crippen LogP contribution in [0.1, 0.15) is 44.9 Å². The molecular weight excluding hydrogens is 278 g/mol. The third-order valence-electron chi connectivity index (χ3n) is 5.60. The summed E-state index contributed by atoms with van der Waals surface area (Å²) in [6, 6.07) is 4.36. The fourth-order valence-corrected chi connectivity index (χ4v) is 4.93. The minimum atomic E-state index is 0.647. The highest BCUT2D eigenvalue weighted by Crippen LogP contribution is 2.46. The molecule has 3 nitrogen and oxygen atoms in total. The van der Waals surface area contributed by atoms with Gasteiger partial charge in [-0.3, -0.25) is 0 Å². The van der Waals surface area contributed by atoms with Gasteiger partial charge in [-0.25, -0.2) is 4.98 Å². The first-order chi connectivity index (χ1) is 10.3. The summed E-state index contributed by atoms with van der Waals surface area (Å²) in [7, 11) is 0. The molecule has 0 amide bonds. The first-order valence-electron chi connectivity index (χ1n) is 8.14. The Morgan fingerprint density at radius 1 is 1.05 bits per heavy atom. The summed E-state index contributed by atoms with van der Waals surface area (Å²) in [6.07, 6.45) is 9.88. The Hall–Kier alpha value is -1.29. The maximum absolute atomic E-state index is 6.37. The SMILES string of the molecule is Nc1c(N2CCC3(CCCCC3)CC2)ccc2scnc12. The van der Waals surface area contributed by atoms with Crippen molar-refractivity contribution in [2.45, 2.75) is 44.9 Å². The van der Waals surface area contributed by atoms with Crippen molar-refractivity contribution >= 4 is 32.9 Å². The van der Waals surface area contributed by atoms with Crippen molar-refractivity contribution in [2.24, 2.45) is 5.41 Å². The Morgan fingerprint density at radius 2 is 1.81 bits per heavy atom. The van der Waals surface area contributed by atoms with Crippen molar-refractivity contribution in [1.82, 2.24) is 4.98 Å². The number of fused-ring (bicyclic) bond motifs is 1. The molecule has 1 aliphatic heterocycles. The van der Waals surface area contributed by atoms with Gasteiger partial charge in [0.1, 0.15) is 5.52 Å². The third-order valence-corrected chi connectivity index (χ3v) is 6.39. The molecule has 1 aromatic carbocycles. The Labute approximate surface area is 130 Å². The van der Waals surface area contributed by atoms with Gasteiger partial charge in [0, 0.05) is 13.1 Å². The summed E-state index contributed by atoms with van der Waals surface area (Å²) in [4.78, 5) is 6.90. The maximum atomic E-state index is 6.37. The molecule has 1 aliphatic carbocycles. The zero-order valence-corrected chi connectivity index (χ0v) is 13.3. The lowest BCUT2D eigenvalue weighted by molar-refractivity contribution is 0.144. The molecule has 4 heteroatoms. The number of hydrogen-bond acceptors (Lipinski definition) is 4. The normalized spacial score (nSPS) is 22.0. The van der Waals surface area contributed by atoms with Gasteiger partial charge in [-0.15, -0.1) is 11.3 Å². The third kappa shape index (κ3) is 2.30. The summed E-state index contributed by atoms with van der Waals surface area (Å²) < 4.78 is 1.19. The largest absolute Gasteiger partial charge is 0.395 e. The van der Waals surface area contributed by atoms with E-state index in [-0.39, 0.29) is 0 Å². The van der Waals surface area contributed by atoms with Crippen molar-refractivity contribution < 1.29 is 0 Å². The van der Waals surface area contributed by atoms with Gasteiger partial charge in [-0.2, -0.15) is 0 Å². The first kappa shape index (κ1) is 13.4. The molecule has 0 bridgehead atoms. The predicted molar refractivity (Wildman–Crippen MR) is 91.0 cm³/mol. The minimum Gasteiger partial charge on any atom is -0.395 e. The number of thiazole rings is 1. The number of nitrogens with two attached hydrogens (primary N) is 1. The van der Waals surface area contributed by atoms with Gasteiger partial charge in [-0.05, 0) is 43.2 Å². The molecule has 1 saturated heterocycles. The van der Waals surface area contributed by atoms with E-state index in [0.29, 0.717) is 5.41 Å². The Bertz CT molecular complexity index is 633. The van der Waals surface area contributed by atoms with Crippen LogP contribution in [-0.4, -0.2) is 18.1 Å². The lowest BCUT2D eigenvalue weighted by atomic mass is 9.68. The van der Waals surface area contributed by atoms with Crippen LogP contribution < -0.4 is 10.6 Å². The lowest BCUT2D eigenvalue weighted by Crippen LogP contribution is -2.41. The summed E-state index contributed by atoms with van der Waals surface area (Å²) in [6.45, 7) is 2.31. The molecule has 1 saturated carbocycles. The molecular formula is C17H23N3S. The zero-order valence-electron chi connectivity index (χ0n) is 12.5. The molecule has 1 spiro atoms. The molecule has 1 aromatic heterocycles. The Morgan fingerprint density at radius 3 is 2.57 bits per heavy atom. The van der Waals surface area contributed by atoms with E-state index < -0.39 is 0 Å². The van der Waals surface area contributed by atoms with Gasteiger partial charge in [0.25, 0.3) is 0 Å². The molecule has 2 N–H and O–H groups in total. The standard InChI is InChI=1S/C17H23N3S/c18-15-13(4-5-14-16(15)19-12-21-14)20-10-8-17(9-11-20)6-2-1-3-7-17/h4-5,12H,1-3,6-11,18H2. The highest BCUT2D eigenvalue weighted by Gasteiger charge is 2.35. The van der Waals surface area contributed by atoms with Crippen LogP contribution in [0.2, 0.25) is 0 Å². The van der Waals surface area contributed by atoms with E-state index in [0.717, 1.165) is 24.3 Å². The molecule has 112 valence electrons. The van der Waals surface area contributed by atoms with Crippen LogP contribution in [0.25, 0.3) is 10.2 Å². The van der Waals surface area contributed by atoms with Crippen molar-refractivity contribution in [1.29, 1.82) is 0 Å². The zero-order chi connectivity index (χ0) is 14.3. The highest BCUT2D eigenvalue weighted by atomic mass is 32.1. The highest BCUT2D eigenvalue weighted by molar-refractivity contribution is 7.16. The predicted octanol–water partition coefficient (Wildman–Crippen LogP) is 4.43. The average molecular weight is 301 g/mol. The summed E-state index contributed by atoms with van der Waals surface area (Å²) in [5, 5.41) is 0. The molecule has 0 atom stereocenters. The Kier molecular flexibility index (Phi) is 3.29. The minimum absolute atomic E-state index is 0.647. The van der Waals surface area contributed by atoms with E-state index in [1.807, 2.05) is 5.51 Å². The van der Waals surface area contributed by atoms with E-state index in [2.05, 4.69) is 22.0 Å². The van der Waals surface area contributed by atoms with Crippen LogP contribution in [0.15, 0.2) is 17.6 Å². The number of nitrogen functional groups attached to an aromatic ring is 1. The molecule has 2 heterocycles. The maximum Gasteiger partial charge on any atom is 0.106 e. The fourth-order valence-electron chi connectivity index (χ4n) is 4.24. The second-order valence-corrected chi connectivity index (χ2v) is 7.63. The number of benzene rings is 1. The summed E-state index contributed by atoms with van der Waals surface area (Å²) in [5.41, 5.74) is 11.9. The van der Waals surface area contributed by atoms with E-state index in [4.69, 9.17) is 5.73 Å². The number of aromatic nitrogens is 1. The van der Waals surface area contributed by atoms with Crippen molar-refractivity contribution in [2.75, 3.05) is 23.7 Å². The van der Waals surface area contributed by atoms with Gasteiger partial charge >= 0.3 is 0 Å². The van der Waals surface area contributed by atoms with Crippen LogP contribution in [-0.2, 0) is 0 Å². The molecule has 2 aromatic rings. The van der Waals surface area contributed by atoms with Crippen molar-refractivity contribution in [3.05, 3.63) is 17.6 Å². The van der Waals surface area contributed by atoms with Crippen LogP contribution in [0.5, 0.6) is 0 Å². The first-order valence-corrected chi connectivity index (χ1v) is 9.02. The molecule has 4 rings (SSSR count). The average Bonchev–Trinajstić information content (AvgIpc) is 2.99. The number of hydrogen-bond donors (Lipinski definition) is 1. The number of piperidine rings is 1. The second kappa shape index (κ2) is 5.16. The van der Waals surface area contributed by atoms with Gasteiger partial charge in [0.05, 0.1) is 21.6 Å². The molecule has 21 heavy (non-hydrogen) atoms. The smallest absolute Gasteiger partial charge is 0.106 e. The van der Waals surface area contributed by atoms with Crippen molar-refractivity contribution in [3.8, 4) is 0 Å². The molecule has 2 fully saturated rings. The fraction of sp³-hybridized carbons (Fsp3) is 0.588. The van der Waals surface area contributed by atoms with Crippen LogP contribution in [0.3, 0.4) is 0 Å². The van der Waals surface area contributed by atoms with Gasteiger partial charge in [0.15, 0.2) is 0 Å². The number of anilines is 2. The molecule has 2 aliphatic rings. The lowest BCUT2D eigenvalue weighted by Gasteiger charge is -2.45. The van der Waals surface area contributed by atoms with Crippen LogP contribution in [0, 0.1) is 5.41 Å². The van der Waals surface area contributed by atoms with E-state index in [9.17, 15) is 0 Å². The number of nitrogens with zero attached hydrogens (tertiary/aromatic N) is 2. The van der Waals surface area contributed by atoms with Crippen molar-refractivity contribution in [3.63, 3.8) is 0 Å². The quantitative estimate of drug-likeness (QED) is 0.792. The van der Waals surface area contributed by atoms with E-state index >= 15 is 0 Å². The topological polar surface area (TPSA) is 42.1 Å². The Balaban J connectivity index is 1.55. The number of rotatable bonds is 1. The summed E-state index contributed by atoms with van der Waals surface area (Å²) in [5.74, 6) is 0. The van der Waals surface area contributed by atoms with E-state index in [1.54, 1.807) is 11.3 Å². The summed E-state index contributed by atoms with van der Waals surface area (Å²) >= 11 is 1.66. The monoisotopic (exact) mass is 301 g/mol. The van der Waals surface area contributed by atoms with Gasteiger partial charge < -0.3 is 10.6 Å². The van der Waals surface area contributed by atoms with Gasteiger partial charge in [-0.1, -0.05) is 19.3 Å². The molecule has 0 unspecified atom stereocenters. The second-order valence-electron chi connectivity index (χ2n) is 6.75. The van der Waals surface area contributed by atoms with Crippen LogP contribution in [0.4, 0.5) is 11.4 Å². The van der Waals surface area contributed by atoms with Gasteiger partial charge in [0.2, 0.25) is 0 Å². The molecule has 0 radical (unpaired) electrons. The van der Waals surface area contributed by atoms with E-state index in [1.165, 1.54) is 55.3 Å².